The highest BCUT2D eigenvalue weighted by molar-refractivity contribution is 5.75. The van der Waals surface area contributed by atoms with Gasteiger partial charge in [-0.25, -0.2) is 0 Å². The molecular formula is C13H9O2+. The van der Waals surface area contributed by atoms with Gasteiger partial charge in [-0.3, -0.25) is 4.79 Å². The summed E-state index contributed by atoms with van der Waals surface area (Å²) in [7, 11) is 0. The Morgan fingerprint density at radius 3 is 3.00 bits per heavy atom. The van der Waals surface area contributed by atoms with Crippen LogP contribution in [0.1, 0.15) is 10.4 Å². The van der Waals surface area contributed by atoms with Crippen LogP contribution < -0.4 is 4.74 Å². The highest BCUT2D eigenvalue weighted by atomic mass is 16.5. The van der Waals surface area contributed by atoms with E-state index in [1.165, 1.54) is 0 Å². The first-order valence-electron chi connectivity index (χ1n) is 4.58. The molecule has 0 heterocycles. The number of rotatable bonds is 3. The summed E-state index contributed by atoms with van der Waals surface area (Å²) in [5.74, 6) is 1.36. The monoisotopic (exact) mass is 197 g/mol. The molecule has 1 aromatic rings. The van der Waals surface area contributed by atoms with Crippen LogP contribution in [0.5, 0.6) is 5.75 Å². The molecule has 15 heavy (non-hydrogen) atoms. The molecule has 72 valence electrons. The van der Waals surface area contributed by atoms with E-state index in [1.54, 1.807) is 36.4 Å². The average molecular weight is 197 g/mol. The molecule has 0 aliphatic heterocycles. The molecule has 0 atom stereocenters. The maximum atomic E-state index is 10.5. The Morgan fingerprint density at radius 1 is 1.33 bits per heavy atom. The third-order valence-electron chi connectivity index (χ3n) is 1.91. The number of carbonyl (C=O) groups is 1. The molecule has 0 spiro atoms. The summed E-state index contributed by atoms with van der Waals surface area (Å²) >= 11 is 0. The molecule has 1 aliphatic rings. The molecule has 2 rings (SSSR count). The van der Waals surface area contributed by atoms with Gasteiger partial charge < -0.3 is 4.74 Å². The van der Waals surface area contributed by atoms with E-state index in [2.05, 4.69) is 6.08 Å². The van der Waals surface area contributed by atoms with Crippen molar-refractivity contribution >= 4 is 6.29 Å². The molecule has 2 nitrogen and oxygen atoms in total. The number of allylic oxidation sites excluding steroid dienone is 5. The zero-order chi connectivity index (χ0) is 10.5. The van der Waals surface area contributed by atoms with Gasteiger partial charge in [0, 0.05) is 11.6 Å². The van der Waals surface area contributed by atoms with E-state index in [0.717, 1.165) is 6.29 Å². The van der Waals surface area contributed by atoms with Gasteiger partial charge >= 0.3 is 0 Å². The summed E-state index contributed by atoms with van der Waals surface area (Å²) in [6.45, 7) is 0. The SMILES string of the molecule is O=Cc1cccc(OC2=CC=C[C+]=C2)c1. The number of ether oxygens (including phenoxy) is 1. The number of hydrogen-bond donors (Lipinski definition) is 0. The van der Waals surface area contributed by atoms with Crippen LogP contribution in [0.2, 0.25) is 0 Å². The summed E-state index contributed by atoms with van der Waals surface area (Å²) < 4.78 is 5.53. The maximum Gasteiger partial charge on any atom is 0.241 e. The van der Waals surface area contributed by atoms with Crippen molar-refractivity contribution in [2.45, 2.75) is 0 Å². The highest BCUT2D eigenvalue weighted by Gasteiger charge is 2.06. The van der Waals surface area contributed by atoms with Crippen LogP contribution in [-0.4, -0.2) is 6.29 Å². The van der Waals surface area contributed by atoms with Gasteiger partial charge in [0.15, 0.2) is 0 Å². The Kier molecular flexibility index (Phi) is 2.72. The van der Waals surface area contributed by atoms with E-state index >= 15 is 0 Å². The summed E-state index contributed by atoms with van der Waals surface area (Å²) in [5.41, 5.74) is 0.604. The summed E-state index contributed by atoms with van der Waals surface area (Å²) in [6, 6.07) is 7.02. The molecule has 1 aliphatic carbocycles. The van der Waals surface area contributed by atoms with E-state index < -0.39 is 0 Å². The van der Waals surface area contributed by atoms with Crippen LogP contribution in [-0.2, 0) is 0 Å². The van der Waals surface area contributed by atoms with Crippen molar-refractivity contribution in [2.24, 2.45) is 0 Å². The second-order valence-electron chi connectivity index (χ2n) is 3.03. The molecule has 0 radical (unpaired) electrons. The summed E-state index contributed by atoms with van der Waals surface area (Å²) in [5, 5.41) is 0. The second-order valence-corrected chi connectivity index (χ2v) is 3.03. The normalized spacial score (nSPS) is 12.9. The molecular weight excluding hydrogens is 188 g/mol. The zero-order valence-electron chi connectivity index (χ0n) is 8.01. The molecule has 0 amide bonds. The van der Waals surface area contributed by atoms with Crippen molar-refractivity contribution in [3.8, 4) is 5.75 Å². The molecule has 0 bridgehead atoms. The van der Waals surface area contributed by atoms with E-state index in [4.69, 9.17) is 4.74 Å². The standard InChI is InChI=1S/C13H9O2/c14-10-11-5-4-8-13(9-11)15-12-6-2-1-3-7-12/h1-2,4-10H/q+1. The van der Waals surface area contributed by atoms with Gasteiger partial charge in [-0.2, -0.15) is 0 Å². The third-order valence-corrected chi connectivity index (χ3v) is 1.91. The van der Waals surface area contributed by atoms with E-state index in [0.29, 0.717) is 17.1 Å². The Labute approximate surface area is 88.2 Å². The number of hydrogen-bond acceptors (Lipinski definition) is 2. The Bertz CT molecular complexity index is 453. The van der Waals surface area contributed by atoms with Crippen LogP contribution >= 0.6 is 0 Å². The van der Waals surface area contributed by atoms with Crippen molar-refractivity contribution in [3.05, 3.63) is 66.0 Å². The Morgan fingerprint density at radius 2 is 2.27 bits per heavy atom. The van der Waals surface area contributed by atoms with Crippen LogP contribution in [0.25, 0.3) is 0 Å². The van der Waals surface area contributed by atoms with Crippen molar-refractivity contribution in [2.75, 3.05) is 0 Å². The first kappa shape index (κ1) is 9.38. The average Bonchev–Trinajstić information content (AvgIpc) is 2.31. The molecule has 0 saturated carbocycles. The van der Waals surface area contributed by atoms with Crippen LogP contribution in [0, 0.1) is 6.08 Å². The fourth-order valence-corrected chi connectivity index (χ4v) is 1.23. The largest absolute Gasteiger partial charge is 0.397 e. The minimum Gasteiger partial charge on any atom is -0.397 e. The molecule has 0 fully saturated rings. The van der Waals surface area contributed by atoms with Gasteiger partial charge in [-0.05, 0) is 12.1 Å². The number of aldehydes is 1. The zero-order valence-corrected chi connectivity index (χ0v) is 8.01. The lowest BCUT2D eigenvalue weighted by atomic mass is 10.2. The highest BCUT2D eigenvalue weighted by Crippen LogP contribution is 2.16. The lowest BCUT2D eigenvalue weighted by Gasteiger charge is -2.01. The van der Waals surface area contributed by atoms with Crippen LogP contribution in [0.3, 0.4) is 0 Å². The van der Waals surface area contributed by atoms with Gasteiger partial charge in [0.25, 0.3) is 0 Å². The van der Waals surface area contributed by atoms with Gasteiger partial charge in [0.2, 0.25) is 5.76 Å². The lowest BCUT2D eigenvalue weighted by molar-refractivity contribution is 0.112. The fraction of sp³-hybridized carbons (Fsp3) is 0. The molecule has 1 aromatic carbocycles. The van der Waals surface area contributed by atoms with Crippen molar-refractivity contribution < 1.29 is 9.53 Å². The minimum atomic E-state index is 0.604. The molecule has 0 unspecified atom stereocenters. The van der Waals surface area contributed by atoms with Gasteiger partial charge in [0.1, 0.15) is 24.2 Å². The first-order valence-corrected chi connectivity index (χ1v) is 4.58. The minimum absolute atomic E-state index is 0.604. The van der Waals surface area contributed by atoms with Gasteiger partial charge in [-0.15, -0.1) is 0 Å². The molecule has 0 saturated heterocycles. The third kappa shape index (κ3) is 2.39. The van der Waals surface area contributed by atoms with Gasteiger partial charge in [0.05, 0.1) is 12.2 Å². The fourth-order valence-electron chi connectivity index (χ4n) is 1.23. The lowest BCUT2D eigenvalue weighted by Crippen LogP contribution is -1.94. The van der Waals surface area contributed by atoms with Crippen molar-refractivity contribution in [3.63, 3.8) is 0 Å². The first-order chi connectivity index (χ1) is 7.38. The van der Waals surface area contributed by atoms with Crippen LogP contribution in [0.4, 0.5) is 0 Å². The summed E-state index contributed by atoms with van der Waals surface area (Å²) in [4.78, 5) is 10.5. The second kappa shape index (κ2) is 4.36. The molecule has 2 heteroatoms. The van der Waals surface area contributed by atoms with E-state index in [1.807, 2.05) is 12.2 Å². The maximum absolute atomic E-state index is 10.5. The molecule has 0 N–H and O–H groups in total. The predicted octanol–water partition coefficient (Wildman–Crippen LogP) is 2.69. The number of benzene rings is 1. The van der Waals surface area contributed by atoms with Crippen molar-refractivity contribution in [1.82, 2.24) is 0 Å². The predicted molar refractivity (Wildman–Crippen MR) is 57.5 cm³/mol. The van der Waals surface area contributed by atoms with Crippen LogP contribution in [0.15, 0.2) is 54.3 Å². The van der Waals surface area contributed by atoms with Crippen molar-refractivity contribution in [1.29, 1.82) is 0 Å². The Balaban J connectivity index is 2.17. The topological polar surface area (TPSA) is 26.3 Å². The smallest absolute Gasteiger partial charge is 0.241 e. The van der Waals surface area contributed by atoms with Gasteiger partial charge in [-0.1, -0.05) is 12.1 Å². The quantitative estimate of drug-likeness (QED) is 0.550. The van der Waals surface area contributed by atoms with E-state index in [9.17, 15) is 4.79 Å². The van der Waals surface area contributed by atoms with E-state index in [-0.39, 0.29) is 0 Å². The summed E-state index contributed by atoms with van der Waals surface area (Å²) in [6.07, 6.45) is 10.9. The Hall–Kier alpha value is -2.18. The molecule has 0 aromatic heterocycles. The number of carbonyl (C=O) groups excluding carboxylic acids is 1.